The van der Waals surface area contributed by atoms with E-state index in [1.807, 2.05) is 36.4 Å². The van der Waals surface area contributed by atoms with Gasteiger partial charge in [0.15, 0.2) is 0 Å². The highest BCUT2D eigenvalue weighted by atomic mass is 19.1. The predicted octanol–water partition coefficient (Wildman–Crippen LogP) is 3.91. The number of carbonyl (C=O) groups is 1. The molecule has 0 fully saturated rings. The number of carbonyl (C=O) groups excluding carboxylic acids is 1. The van der Waals surface area contributed by atoms with E-state index in [1.54, 1.807) is 31.6 Å². The highest BCUT2D eigenvalue weighted by molar-refractivity contribution is 5.84. The summed E-state index contributed by atoms with van der Waals surface area (Å²) in [4.78, 5) is 17.0. The van der Waals surface area contributed by atoms with E-state index < -0.39 is 5.92 Å². The first-order valence-electron chi connectivity index (χ1n) is 9.20. The Balaban J connectivity index is 1.68. The summed E-state index contributed by atoms with van der Waals surface area (Å²) in [7, 11) is 1.63. The number of hydrogen-bond donors (Lipinski definition) is 1. The van der Waals surface area contributed by atoms with Crippen molar-refractivity contribution in [3.8, 4) is 5.75 Å². The topological polar surface area (TPSA) is 51.2 Å². The molecule has 0 saturated carbocycles. The summed E-state index contributed by atoms with van der Waals surface area (Å²) in [6.45, 7) is 0.511. The fraction of sp³-hybridized carbons (Fsp3) is 0.217. The minimum absolute atomic E-state index is 0.0849. The number of aromatic nitrogens is 1. The lowest BCUT2D eigenvalue weighted by atomic mass is 9.91. The van der Waals surface area contributed by atoms with Crippen LogP contribution in [0.15, 0.2) is 73.1 Å². The number of ether oxygens (including phenoxy) is 1. The summed E-state index contributed by atoms with van der Waals surface area (Å²) in [5, 5.41) is 3.01. The van der Waals surface area contributed by atoms with Gasteiger partial charge in [0.05, 0.1) is 13.0 Å². The van der Waals surface area contributed by atoms with Gasteiger partial charge in [-0.3, -0.25) is 9.78 Å². The van der Waals surface area contributed by atoms with E-state index >= 15 is 0 Å². The molecule has 3 aromatic rings. The summed E-state index contributed by atoms with van der Waals surface area (Å²) in [6.07, 6.45) is 4.65. The number of methoxy groups -OCH3 is 1. The smallest absolute Gasteiger partial charge is 0.227 e. The molecule has 0 aliphatic heterocycles. The van der Waals surface area contributed by atoms with Crippen molar-refractivity contribution in [2.75, 3.05) is 13.7 Å². The molecule has 0 spiro atoms. The summed E-state index contributed by atoms with van der Waals surface area (Å²) < 4.78 is 18.5. The molecular formula is C23H23FN2O2. The Morgan fingerprint density at radius 1 is 1.11 bits per heavy atom. The molecule has 0 aliphatic rings. The van der Waals surface area contributed by atoms with Crippen LogP contribution in [0, 0.1) is 5.82 Å². The first kappa shape index (κ1) is 19.5. The van der Waals surface area contributed by atoms with Crippen LogP contribution in [0.5, 0.6) is 5.75 Å². The maximum Gasteiger partial charge on any atom is 0.227 e. The van der Waals surface area contributed by atoms with Gasteiger partial charge in [-0.25, -0.2) is 4.39 Å². The molecule has 28 heavy (non-hydrogen) atoms. The van der Waals surface area contributed by atoms with E-state index in [0.717, 1.165) is 22.4 Å². The first-order valence-corrected chi connectivity index (χ1v) is 9.20. The van der Waals surface area contributed by atoms with E-state index in [1.165, 1.54) is 12.1 Å². The second-order valence-electron chi connectivity index (χ2n) is 6.56. The Morgan fingerprint density at radius 2 is 1.89 bits per heavy atom. The zero-order valence-electron chi connectivity index (χ0n) is 15.8. The average molecular weight is 378 g/mol. The van der Waals surface area contributed by atoms with Gasteiger partial charge in [-0.15, -0.1) is 0 Å². The van der Waals surface area contributed by atoms with E-state index in [9.17, 15) is 9.18 Å². The Labute approximate surface area is 164 Å². The second kappa shape index (κ2) is 9.65. The lowest BCUT2D eigenvalue weighted by molar-refractivity contribution is -0.122. The van der Waals surface area contributed by atoms with E-state index in [4.69, 9.17) is 4.74 Å². The fourth-order valence-corrected chi connectivity index (χ4v) is 3.09. The molecule has 1 heterocycles. The van der Waals surface area contributed by atoms with Crippen molar-refractivity contribution in [3.63, 3.8) is 0 Å². The standard InChI is InChI=1S/C23H23FN2O2/c1-28-21-6-2-4-17(14-21)11-13-26-23(27)22(15-18-5-3-12-25-16-18)19-7-9-20(24)10-8-19/h2-10,12,14,16,22H,11,13,15H2,1H3,(H,26,27). The Morgan fingerprint density at radius 3 is 2.61 bits per heavy atom. The quantitative estimate of drug-likeness (QED) is 0.646. The zero-order valence-corrected chi connectivity index (χ0v) is 15.8. The van der Waals surface area contributed by atoms with Crippen LogP contribution >= 0.6 is 0 Å². The normalized spacial score (nSPS) is 11.6. The molecule has 0 radical (unpaired) electrons. The van der Waals surface area contributed by atoms with E-state index in [-0.39, 0.29) is 11.7 Å². The number of hydrogen-bond acceptors (Lipinski definition) is 3. The van der Waals surface area contributed by atoms with Crippen LogP contribution in [-0.4, -0.2) is 24.5 Å². The Bertz CT molecular complexity index is 898. The molecule has 1 atom stereocenters. The number of nitrogens with zero attached hydrogens (tertiary/aromatic N) is 1. The number of benzene rings is 2. The second-order valence-corrected chi connectivity index (χ2v) is 6.56. The number of rotatable bonds is 8. The summed E-state index contributed by atoms with van der Waals surface area (Å²) in [5.41, 5.74) is 2.83. The maximum atomic E-state index is 13.3. The molecule has 1 N–H and O–H groups in total. The van der Waals surface area contributed by atoms with E-state index in [0.29, 0.717) is 19.4 Å². The van der Waals surface area contributed by atoms with Crippen molar-refractivity contribution in [2.45, 2.75) is 18.8 Å². The largest absolute Gasteiger partial charge is 0.497 e. The predicted molar refractivity (Wildman–Crippen MR) is 107 cm³/mol. The fourth-order valence-electron chi connectivity index (χ4n) is 3.09. The van der Waals surface area contributed by atoms with Crippen LogP contribution in [0.3, 0.4) is 0 Å². The van der Waals surface area contributed by atoms with Gasteiger partial charge < -0.3 is 10.1 Å². The van der Waals surface area contributed by atoms with Crippen molar-refractivity contribution in [3.05, 3.63) is 95.6 Å². The lowest BCUT2D eigenvalue weighted by Gasteiger charge is -2.17. The third kappa shape index (κ3) is 5.39. The molecule has 2 aromatic carbocycles. The Kier molecular flexibility index (Phi) is 6.73. The number of amides is 1. The van der Waals surface area contributed by atoms with Crippen molar-refractivity contribution >= 4 is 5.91 Å². The maximum absolute atomic E-state index is 13.3. The van der Waals surface area contributed by atoms with Crippen LogP contribution in [0.1, 0.15) is 22.6 Å². The summed E-state index contributed by atoms with van der Waals surface area (Å²) in [5.74, 6) is -0.0135. The summed E-state index contributed by atoms with van der Waals surface area (Å²) >= 11 is 0. The molecule has 0 bridgehead atoms. The molecule has 1 aromatic heterocycles. The molecular weight excluding hydrogens is 355 g/mol. The van der Waals surface area contributed by atoms with Gasteiger partial charge in [-0.2, -0.15) is 0 Å². The molecule has 0 saturated heterocycles. The average Bonchev–Trinajstić information content (AvgIpc) is 2.73. The van der Waals surface area contributed by atoms with Gasteiger partial charge in [0, 0.05) is 18.9 Å². The Hall–Kier alpha value is -3.21. The van der Waals surface area contributed by atoms with Gasteiger partial charge in [0.2, 0.25) is 5.91 Å². The molecule has 144 valence electrons. The van der Waals surface area contributed by atoms with Gasteiger partial charge >= 0.3 is 0 Å². The van der Waals surface area contributed by atoms with Gasteiger partial charge in [-0.05, 0) is 59.9 Å². The molecule has 5 heteroatoms. The van der Waals surface area contributed by atoms with Crippen molar-refractivity contribution in [1.29, 1.82) is 0 Å². The van der Waals surface area contributed by atoms with Crippen molar-refractivity contribution in [1.82, 2.24) is 10.3 Å². The summed E-state index contributed by atoms with van der Waals surface area (Å²) in [6, 6.07) is 17.7. The monoisotopic (exact) mass is 378 g/mol. The third-order valence-electron chi connectivity index (χ3n) is 4.60. The highest BCUT2D eigenvalue weighted by Crippen LogP contribution is 2.22. The van der Waals surface area contributed by atoms with Crippen LogP contribution in [-0.2, 0) is 17.6 Å². The van der Waals surface area contributed by atoms with Crippen LogP contribution in [0.25, 0.3) is 0 Å². The first-order chi connectivity index (χ1) is 13.7. The van der Waals surface area contributed by atoms with Crippen LogP contribution in [0.4, 0.5) is 4.39 Å². The zero-order chi connectivity index (χ0) is 19.8. The van der Waals surface area contributed by atoms with Gasteiger partial charge in [0.25, 0.3) is 0 Å². The van der Waals surface area contributed by atoms with Crippen molar-refractivity contribution in [2.24, 2.45) is 0 Å². The minimum atomic E-state index is -0.407. The van der Waals surface area contributed by atoms with Gasteiger partial charge in [-0.1, -0.05) is 30.3 Å². The third-order valence-corrected chi connectivity index (χ3v) is 4.60. The van der Waals surface area contributed by atoms with E-state index in [2.05, 4.69) is 10.3 Å². The lowest BCUT2D eigenvalue weighted by Crippen LogP contribution is -2.32. The molecule has 3 rings (SSSR count). The number of nitrogens with one attached hydrogen (secondary N) is 1. The number of halogens is 1. The van der Waals surface area contributed by atoms with Gasteiger partial charge in [0.1, 0.15) is 11.6 Å². The molecule has 4 nitrogen and oxygen atoms in total. The minimum Gasteiger partial charge on any atom is -0.497 e. The van der Waals surface area contributed by atoms with Crippen LogP contribution in [0.2, 0.25) is 0 Å². The molecule has 1 unspecified atom stereocenters. The van der Waals surface area contributed by atoms with Crippen LogP contribution < -0.4 is 10.1 Å². The highest BCUT2D eigenvalue weighted by Gasteiger charge is 2.21. The SMILES string of the molecule is COc1cccc(CCNC(=O)C(Cc2cccnc2)c2ccc(F)cc2)c1. The van der Waals surface area contributed by atoms with Crippen molar-refractivity contribution < 1.29 is 13.9 Å². The molecule has 0 aliphatic carbocycles. The number of pyridine rings is 1. The molecule has 1 amide bonds.